The number of aromatic hydroxyl groups is 1. The molecule has 4 amide bonds. The predicted octanol–water partition coefficient (Wildman–Crippen LogP) is 5.86. The molecule has 6 atom stereocenters. The van der Waals surface area contributed by atoms with Crippen LogP contribution in [0.25, 0.3) is 0 Å². The highest BCUT2D eigenvalue weighted by atomic mass is 35.5. The van der Waals surface area contributed by atoms with Gasteiger partial charge in [0.05, 0.1) is 28.1 Å². The number of phenols is 1. The van der Waals surface area contributed by atoms with Crippen LogP contribution in [-0.2, 0) is 19.2 Å². The maximum Gasteiger partial charge on any atom is 0.271 e. The van der Waals surface area contributed by atoms with E-state index < -0.39 is 67.8 Å². The lowest BCUT2D eigenvalue weighted by molar-refractivity contribution is -0.384. The smallest absolute Gasteiger partial charge is 0.271 e. The number of imide groups is 2. The summed E-state index contributed by atoms with van der Waals surface area (Å²) in [6, 6.07) is 13.8. The van der Waals surface area contributed by atoms with Crippen LogP contribution >= 0.6 is 34.8 Å². The molecule has 46 heavy (non-hydrogen) atoms. The number of phenolic OH excluding ortho intramolecular Hbond substituents is 1. The number of non-ortho nitro benzene ring substituents is 1. The monoisotopic (exact) mass is 683 g/mol. The molecule has 2 saturated heterocycles. The standard InChI is InChI=1S/C32H21Cl3FN3O7/c33-15-4-11-24(40)22(12-15)26-20-9-10-21-25(28(42)37(27(21)41)18-2-1-3-19(13-18)39(45)46)23(20)14-31(34)29(43)38(30(44)32(26,31)35)17-7-5-16(36)6-8-17/h1-9,11-13,21,23,25-26,40H,10,14H2/t21-,23+,25-,26+,31+,32-/m0/s1. The Hall–Kier alpha value is -4.32. The molecule has 7 rings (SSSR count). The van der Waals surface area contributed by atoms with Crippen molar-refractivity contribution in [3.8, 4) is 5.75 Å². The number of allylic oxidation sites excluding steroid dienone is 2. The zero-order valence-electron chi connectivity index (χ0n) is 23.4. The average Bonchev–Trinajstić information content (AvgIpc) is 3.37. The van der Waals surface area contributed by atoms with Gasteiger partial charge in [-0.05, 0) is 67.3 Å². The number of nitro benzene ring substituents is 1. The number of fused-ring (bicyclic) bond motifs is 4. The maximum absolute atomic E-state index is 14.4. The number of benzene rings is 3. The van der Waals surface area contributed by atoms with Crippen LogP contribution in [0.5, 0.6) is 5.75 Å². The van der Waals surface area contributed by atoms with E-state index in [2.05, 4.69) is 0 Å². The number of nitro groups is 1. The molecule has 3 aromatic carbocycles. The fraction of sp³-hybridized carbons (Fsp3) is 0.250. The van der Waals surface area contributed by atoms with E-state index in [9.17, 15) is 38.8 Å². The van der Waals surface area contributed by atoms with E-state index in [4.69, 9.17) is 34.8 Å². The average molecular weight is 685 g/mol. The number of carbonyl (C=O) groups is 4. The summed E-state index contributed by atoms with van der Waals surface area (Å²) >= 11 is 20.9. The molecule has 2 aliphatic carbocycles. The normalized spacial score (nSPS) is 30.2. The van der Waals surface area contributed by atoms with Crippen LogP contribution in [-0.4, -0.2) is 43.4 Å². The molecule has 1 N–H and O–H groups in total. The Kier molecular flexibility index (Phi) is 6.82. The van der Waals surface area contributed by atoms with Crippen molar-refractivity contribution >= 4 is 75.5 Å². The largest absolute Gasteiger partial charge is 0.508 e. The minimum atomic E-state index is -2.25. The summed E-state index contributed by atoms with van der Waals surface area (Å²) in [5.41, 5.74) is 0.203. The van der Waals surface area contributed by atoms with Crippen molar-refractivity contribution in [2.75, 3.05) is 9.80 Å². The molecule has 0 bridgehead atoms. The molecule has 2 aliphatic heterocycles. The second-order valence-electron chi connectivity index (χ2n) is 11.7. The molecular weight excluding hydrogens is 664 g/mol. The van der Waals surface area contributed by atoms with Gasteiger partial charge in [-0.1, -0.05) is 29.3 Å². The van der Waals surface area contributed by atoms with Crippen LogP contribution in [0, 0.1) is 33.7 Å². The van der Waals surface area contributed by atoms with Crippen LogP contribution in [0.1, 0.15) is 24.3 Å². The highest BCUT2D eigenvalue weighted by Crippen LogP contribution is 2.66. The SMILES string of the molecule is O=C1[C@H]2[C@H](CC=C3[C@H]2C[C@@]2(Cl)C(=O)N(c4ccc(F)cc4)C(=O)[C@@]2(Cl)[C@H]3c2cc(Cl)ccc2O)C(=O)N1c1cccc([N+](=O)[O-])c1. The summed E-state index contributed by atoms with van der Waals surface area (Å²) in [6.45, 7) is 0. The molecule has 14 heteroatoms. The Bertz CT molecular complexity index is 1940. The van der Waals surface area contributed by atoms with Gasteiger partial charge in [0.1, 0.15) is 11.6 Å². The van der Waals surface area contributed by atoms with Crippen molar-refractivity contribution in [1.29, 1.82) is 0 Å². The molecule has 2 heterocycles. The minimum Gasteiger partial charge on any atom is -0.508 e. The topological polar surface area (TPSA) is 138 Å². The van der Waals surface area contributed by atoms with Crippen molar-refractivity contribution < 1.29 is 33.6 Å². The highest BCUT2D eigenvalue weighted by Gasteiger charge is 2.77. The van der Waals surface area contributed by atoms with Crippen LogP contribution in [0.4, 0.5) is 21.5 Å². The van der Waals surface area contributed by atoms with E-state index in [0.29, 0.717) is 5.57 Å². The number of hydrogen-bond acceptors (Lipinski definition) is 7. The van der Waals surface area contributed by atoms with E-state index >= 15 is 0 Å². The van der Waals surface area contributed by atoms with Crippen molar-refractivity contribution in [3.63, 3.8) is 0 Å². The maximum atomic E-state index is 14.4. The van der Waals surface area contributed by atoms with Gasteiger partial charge in [0.2, 0.25) is 11.8 Å². The minimum absolute atomic E-state index is 0.0127. The van der Waals surface area contributed by atoms with E-state index in [1.807, 2.05) is 0 Å². The fourth-order valence-electron chi connectivity index (χ4n) is 7.50. The van der Waals surface area contributed by atoms with Gasteiger partial charge in [-0.15, -0.1) is 23.2 Å². The molecular formula is C32H21Cl3FN3O7. The number of hydrogen-bond donors (Lipinski definition) is 1. The Balaban J connectivity index is 1.40. The molecule has 234 valence electrons. The van der Waals surface area contributed by atoms with E-state index in [-0.39, 0.29) is 46.2 Å². The van der Waals surface area contributed by atoms with E-state index in [1.165, 1.54) is 48.5 Å². The molecule has 3 aromatic rings. The van der Waals surface area contributed by atoms with Gasteiger partial charge in [-0.3, -0.25) is 29.3 Å². The van der Waals surface area contributed by atoms with Gasteiger partial charge in [0.15, 0.2) is 9.75 Å². The fourth-order valence-corrected chi connectivity index (χ4v) is 8.61. The summed E-state index contributed by atoms with van der Waals surface area (Å²) in [4.78, 5) is 64.5. The van der Waals surface area contributed by atoms with Crippen LogP contribution < -0.4 is 9.80 Å². The number of carbonyl (C=O) groups excluding carboxylic acids is 4. The predicted molar refractivity (Wildman–Crippen MR) is 165 cm³/mol. The summed E-state index contributed by atoms with van der Waals surface area (Å²) in [7, 11) is 0. The Morgan fingerprint density at radius 2 is 1.61 bits per heavy atom. The molecule has 0 aromatic heterocycles. The number of anilines is 2. The van der Waals surface area contributed by atoms with Gasteiger partial charge in [-0.25, -0.2) is 14.2 Å². The lowest BCUT2D eigenvalue weighted by Gasteiger charge is -2.50. The highest BCUT2D eigenvalue weighted by molar-refractivity contribution is 6.58. The number of halogens is 4. The van der Waals surface area contributed by atoms with Gasteiger partial charge < -0.3 is 5.11 Å². The number of rotatable bonds is 4. The van der Waals surface area contributed by atoms with E-state index in [0.717, 1.165) is 28.0 Å². The lowest BCUT2D eigenvalue weighted by atomic mass is 9.56. The van der Waals surface area contributed by atoms with Gasteiger partial charge in [0.25, 0.3) is 17.5 Å². The van der Waals surface area contributed by atoms with Crippen molar-refractivity contribution in [2.24, 2.45) is 17.8 Å². The second kappa shape index (κ2) is 10.3. The summed E-state index contributed by atoms with van der Waals surface area (Å²) in [5, 5.41) is 22.7. The van der Waals surface area contributed by atoms with Crippen LogP contribution in [0.2, 0.25) is 5.02 Å². The zero-order chi connectivity index (χ0) is 32.9. The first kappa shape index (κ1) is 30.3. The van der Waals surface area contributed by atoms with Gasteiger partial charge in [-0.2, -0.15) is 0 Å². The molecule has 0 radical (unpaired) electrons. The van der Waals surface area contributed by atoms with E-state index in [1.54, 1.807) is 6.08 Å². The zero-order valence-corrected chi connectivity index (χ0v) is 25.7. The number of nitrogens with zero attached hydrogens (tertiary/aromatic N) is 3. The third kappa shape index (κ3) is 4.01. The summed E-state index contributed by atoms with van der Waals surface area (Å²) in [5.74, 6) is -8.17. The first-order chi connectivity index (χ1) is 21.8. The third-order valence-corrected chi connectivity index (χ3v) is 11.1. The third-order valence-electron chi connectivity index (χ3n) is 9.50. The van der Waals surface area contributed by atoms with Gasteiger partial charge >= 0.3 is 0 Å². The number of amides is 4. The second-order valence-corrected chi connectivity index (χ2v) is 13.4. The first-order valence-corrected chi connectivity index (χ1v) is 15.3. The Morgan fingerprint density at radius 1 is 0.891 bits per heavy atom. The molecule has 0 spiro atoms. The van der Waals surface area contributed by atoms with Crippen LogP contribution in [0.3, 0.4) is 0 Å². The summed E-state index contributed by atoms with van der Waals surface area (Å²) in [6.07, 6.45) is 1.38. The quantitative estimate of drug-likeness (QED) is 0.119. The Labute approximate surface area is 275 Å². The van der Waals surface area contributed by atoms with Gasteiger partial charge in [0, 0.05) is 28.6 Å². The molecule has 0 unspecified atom stereocenters. The number of alkyl halides is 2. The van der Waals surface area contributed by atoms with Crippen molar-refractivity contribution in [3.05, 3.63) is 105 Å². The molecule has 3 fully saturated rings. The molecule has 4 aliphatic rings. The molecule has 1 saturated carbocycles. The summed E-state index contributed by atoms with van der Waals surface area (Å²) < 4.78 is 13.8. The Morgan fingerprint density at radius 3 is 2.30 bits per heavy atom. The van der Waals surface area contributed by atoms with Crippen molar-refractivity contribution in [1.82, 2.24) is 0 Å². The van der Waals surface area contributed by atoms with Crippen LogP contribution in [0.15, 0.2) is 78.4 Å². The molecule has 10 nitrogen and oxygen atoms in total. The first-order valence-electron chi connectivity index (χ1n) is 14.1. The van der Waals surface area contributed by atoms with Crippen molar-refractivity contribution in [2.45, 2.75) is 28.5 Å². The lowest BCUT2D eigenvalue weighted by Crippen LogP contribution is -2.60.